The monoisotopic (exact) mass is 301 g/mol. The first-order valence-electron chi connectivity index (χ1n) is 8.25. The molecule has 0 saturated carbocycles. The van der Waals surface area contributed by atoms with Crippen molar-refractivity contribution in [2.75, 3.05) is 13.1 Å². The van der Waals surface area contributed by atoms with Gasteiger partial charge in [-0.25, -0.2) is 0 Å². The van der Waals surface area contributed by atoms with Crippen LogP contribution in [0.25, 0.3) is 5.70 Å². The van der Waals surface area contributed by atoms with Gasteiger partial charge in [-0.1, -0.05) is 54.5 Å². The summed E-state index contributed by atoms with van der Waals surface area (Å²) in [5.74, 6) is 3.31. The average Bonchev–Trinajstić information content (AvgIpc) is 2.62. The summed E-state index contributed by atoms with van der Waals surface area (Å²) in [5.41, 5.74) is 6.03. The van der Waals surface area contributed by atoms with Crippen LogP contribution in [0, 0.1) is 19.3 Å². The van der Waals surface area contributed by atoms with Crippen LogP contribution in [-0.2, 0) is 0 Å². The lowest BCUT2D eigenvalue weighted by molar-refractivity contribution is 0.299. The van der Waals surface area contributed by atoms with Crippen LogP contribution < -0.4 is 0 Å². The van der Waals surface area contributed by atoms with Crippen LogP contribution in [0.1, 0.15) is 41.0 Å². The molecule has 2 aromatic rings. The maximum absolute atomic E-state index is 5.43. The minimum Gasteiger partial charge on any atom is -0.371 e. The molecule has 23 heavy (non-hydrogen) atoms. The maximum Gasteiger partial charge on any atom is 0.0366 e. The van der Waals surface area contributed by atoms with Gasteiger partial charge in [0.1, 0.15) is 0 Å². The van der Waals surface area contributed by atoms with Crippen LogP contribution >= 0.6 is 0 Å². The largest absolute Gasteiger partial charge is 0.371 e. The van der Waals surface area contributed by atoms with Crippen molar-refractivity contribution in [3.05, 3.63) is 77.4 Å². The summed E-state index contributed by atoms with van der Waals surface area (Å²) < 4.78 is 0. The Kier molecular flexibility index (Phi) is 4.53. The summed E-state index contributed by atoms with van der Waals surface area (Å²) in [6, 6.07) is 17.1. The third-order valence-electron chi connectivity index (χ3n) is 4.81. The van der Waals surface area contributed by atoms with Gasteiger partial charge in [0.25, 0.3) is 0 Å². The molecule has 0 aromatic heterocycles. The van der Waals surface area contributed by atoms with Gasteiger partial charge in [-0.15, -0.1) is 6.42 Å². The van der Waals surface area contributed by atoms with Crippen LogP contribution in [-0.4, -0.2) is 18.0 Å². The molecule has 0 spiro atoms. The zero-order valence-electron chi connectivity index (χ0n) is 13.8. The topological polar surface area (TPSA) is 3.24 Å². The van der Waals surface area contributed by atoms with Gasteiger partial charge in [-0.3, -0.25) is 0 Å². The van der Waals surface area contributed by atoms with E-state index in [1.807, 2.05) is 12.1 Å². The zero-order chi connectivity index (χ0) is 16.2. The van der Waals surface area contributed by atoms with E-state index in [1.165, 1.54) is 29.5 Å². The summed E-state index contributed by atoms with van der Waals surface area (Å²) in [7, 11) is 0. The first-order valence-corrected chi connectivity index (χ1v) is 8.25. The third kappa shape index (κ3) is 3.48. The van der Waals surface area contributed by atoms with Crippen molar-refractivity contribution in [1.29, 1.82) is 0 Å². The standard InChI is InChI=1S/C22H23N/c1-4-19-7-11-21(12-8-19)22-13-15-23(16-14-22)18(3)20-9-5-17(2)6-10-20/h1,5-12,22H,3,13-16H2,2H3. The van der Waals surface area contributed by atoms with Gasteiger partial charge in [0.15, 0.2) is 0 Å². The Morgan fingerprint density at radius 1 is 1.04 bits per heavy atom. The molecule has 0 unspecified atom stereocenters. The fraction of sp³-hybridized carbons (Fsp3) is 0.273. The highest BCUT2D eigenvalue weighted by molar-refractivity contribution is 5.62. The first kappa shape index (κ1) is 15.4. The van der Waals surface area contributed by atoms with Crippen LogP contribution in [0.3, 0.4) is 0 Å². The lowest BCUT2D eigenvalue weighted by Gasteiger charge is -2.35. The van der Waals surface area contributed by atoms with E-state index < -0.39 is 0 Å². The lowest BCUT2D eigenvalue weighted by Crippen LogP contribution is -2.31. The normalized spacial score (nSPS) is 15.2. The predicted molar refractivity (Wildman–Crippen MR) is 98.1 cm³/mol. The van der Waals surface area contributed by atoms with E-state index >= 15 is 0 Å². The van der Waals surface area contributed by atoms with E-state index in [-0.39, 0.29) is 0 Å². The van der Waals surface area contributed by atoms with Gasteiger partial charge >= 0.3 is 0 Å². The van der Waals surface area contributed by atoms with E-state index in [0.717, 1.165) is 24.4 Å². The zero-order valence-corrected chi connectivity index (χ0v) is 13.8. The second kappa shape index (κ2) is 6.75. The van der Waals surface area contributed by atoms with Crippen molar-refractivity contribution in [2.45, 2.75) is 25.7 Å². The van der Waals surface area contributed by atoms with Crippen molar-refractivity contribution in [3.63, 3.8) is 0 Å². The summed E-state index contributed by atoms with van der Waals surface area (Å²) in [6.45, 7) is 8.54. The molecular weight excluding hydrogens is 278 g/mol. The molecule has 0 atom stereocenters. The first-order chi connectivity index (χ1) is 11.2. The quantitative estimate of drug-likeness (QED) is 0.734. The van der Waals surface area contributed by atoms with Crippen LogP contribution in [0.5, 0.6) is 0 Å². The van der Waals surface area contributed by atoms with E-state index in [1.54, 1.807) is 0 Å². The molecule has 0 N–H and O–H groups in total. The number of terminal acetylenes is 1. The summed E-state index contributed by atoms with van der Waals surface area (Å²) in [6.07, 6.45) is 7.76. The Hall–Kier alpha value is -2.46. The number of hydrogen-bond acceptors (Lipinski definition) is 1. The number of aryl methyl sites for hydroxylation is 1. The van der Waals surface area contributed by atoms with Crippen molar-refractivity contribution in [3.8, 4) is 12.3 Å². The van der Waals surface area contributed by atoms with E-state index in [2.05, 4.69) is 60.7 Å². The number of hydrogen-bond donors (Lipinski definition) is 0. The number of piperidine rings is 1. The maximum atomic E-state index is 5.43. The van der Waals surface area contributed by atoms with Crippen molar-refractivity contribution in [2.24, 2.45) is 0 Å². The lowest BCUT2D eigenvalue weighted by atomic mass is 9.88. The molecule has 1 saturated heterocycles. The van der Waals surface area contributed by atoms with Crippen molar-refractivity contribution in [1.82, 2.24) is 4.90 Å². The number of benzene rings is 2. The Morgan fingerprint density at radius 3 is 2.22 bits per heavy atom. The molecule has 0 amide bonds. The van der Waals surface area contributed by atoms with E-state index in [0.29, 0.717) is 5.92 Å². The van der Waals surface area contributed by atoms with Crippen molar-refractivity contribution >= 4 is 5.70 Å². The Bertz CT molecular complexity index is 708. The van der Waals surface area contributed by atoms with Gasteiger partial charge in [0.2, 0.25) is 0 Å². The minimum atomic E-state index is 0.629. The minimum absolute atomic E-state index is 0.629. The highest BCUT2D eigenvalue weighted by Gasteiger charge is 2.21. The Morgan fingerprint density at radius 2 is 1.65 bits per heavy atom. The molecule has 1 heterocycles. The van der Waals surface area contributed by atoms with Crippen LogP contribution in [0.2, 0.25) is 0 Å². The molecule has 116 valence electrons. The molecule has 1 heteroatoms. The average molecular weight is 301 g/mol. The van der Waals surface area contributed by atoms with Gasteiger partial charge in [0.05, 0.1) is 0 Å². The van der Waals surface area contributed by atoms with Gasteiger partial charge in [-0.2, -0.15) is 0 Å². The SMILES string of the molecule is C#Cc1ccc(C2CCN(C(=C)c3ccc(C)cc3)CC2)cc1. The molecule has 1 nitrogen and oxygen atoms in total. The van der Waals surface area contributed by atoms with Crippen LogP contribution in [0.4, 0.5) is 0 Å². The second-order valence-corrected chi connectivity index (χ2v) is 6.34. The fourth-order valence-corrected chi connectivity index (χ4v) is 3.26. The molecule has 0 bridgehead atoms. The van der Waals surface area contributed by atoms with Gasteiger partial charge in [-0.05, 0) is 48.9 Å². The molecule has 1 fully saturated rings. The molecule has 3 rings (SSSR count). The number of nitrogens with zero attached hydrogens (tertiary/aromatic N) is 1. The highest BCUT2D eigenvalue weighted by atomic mass is 15.1. The predicted octanol–water partition coefficient (Wildman–Crippen LogP) is 4.83. The van der Waals surface area contributed by atoms with E-state index in [9.17, 15) is 0 Å². The third-order valence-corrected chi connectivity index (χ3v) is 4.81. The Balaban J connectivity index is 1.62. The Labute approximate surface area is 139 Å². The van der Waals surface area contributed by atoms with Gasteiger partial charge < -0.3 is 4.90 Å². The van der Waals surface area contributed by atoms with Gasteiger partial charge in [0, 0.05) is 24.4 Å². The van der Waals surface area contributed by atoms with Crippen molar-refractivity contribution < 1.29 is 0 Å². The summed E-state index contributed by atoms with van der Waals surface area (Å²) in [4.78, 5) is 2.41. The molecule has 1 aliphatic heterocycles. The second-order valence-electron chi connectivity index (χ2n) is 6.34. The molecule has 0 radical (unpaired) electrons. The molecule has 2 aromatic carbocycles. The van der Waals surface area contributed by atoms with E-state index in [4.69, 9.17) is 6.42 Å². The molecular formula is C22H23N. The highest BCUT2D eigenvalue weighted by Crippen LogP contribution is 2.31. The number of rotatable bonds is 3. The van der Waals surface area contributed by atoms with Crippen LogP contribution in [0.15, 0.2) is 55.1 Å². The molecule has 0 aliphatic carbocycles. The summed E-state index contributed by atoms with van der Waals surface area (Å²) in [5, 5.41) is 0. The fourth-order valence-electron chi connectivity index (χ4n) is 3.26. The number of likely N-dealkylation sites (tertiary alicyclic amines) is 1. The smallest absolute Gasteiger partial charge is 0.0366 e. The summed E-state index contributed by atoms with van der Waals surface area (Å²) >= 11 is 0. The molecule has 1 aliphatic rings.